The van der Waals surface area contributed by atoms with E-state index in [1.54, 1.807) is 61.7 Å². The maximum absolute atomic E-state index is 14.4. The van der Waals surface area contributed by atoms with Crippen LogP contribution in [-0.2, 0) is 20.7 Å². The molecule has 4 rings (SSSR count). The van der Waals surface area contributed by atoms with Crippen molar-refractivity contribution < 1.29 is 28.2 Å². The second-order valence-electron chi connectivity index (χ2n) is 8.32. The molecule has 3 aromatic rings. The Bertz CT molecular complexity index is 1270. The summed E-state index contributed by atoms with van der Waals surface area (Å²) in [6.45, 7) is 0.811. The fourth-order valence-electron chi connectivity index (χ4n) is 3.96. The second kappa shape index (κ2) is 12.2. The summed E-state index contributed by atoms with van der Waals surface area (Å²) >= 11 is 1.97. The standard InChI is InChI=1S/C27H25FIN3O5/c1-36-13-14-37-20-10-7-18(8-11-20)24-26(34)32(27(35)31-24)23(15-17-5-3-2-4-6-17)25(33)30-22-12-9-19(29)16-21(22)28/h2-12,16,23-24H,13-15H2,1H3,(H,30,33)(H,31,35). The lowest BCUT2D eigenvalue weighted by atomic mass is 10.0. The maximum Gasteiger partial charge on any atom is 0.325 e. The summed E-state index contributed by atoms with van der Waals surface area (Å²) in [6.07, 6.45) is 0.0663. The molecule has 10 heteroatoms. The third-order valence-electron chi connectivity index (χ3n) is 5.82. The zero-order valence-corrected chi connectivity index (χ0v) is 22.1. The predicted octanol–water partition coefficient (Wildman–Crippen LogP) is 4.30. The molecule has 2 atom stereocenters. The van der Waals surface area contributed by atoms with Crippen LogP contribution in [0.3, 0.4) is 0 Å². The molecule has 2 N–H and O–H groups in total. The molecule has 0 aliphatic carbocycles. The van der Waals surface area contributed by atoms with E-state index in [4.69, 9.17) is 9.47 Å². The van der Waals surface area contributed by atoms with Crippen molar-refractivity contribution in [3.63, 3.8) is 0 Å². The van der Waals surface area contributed by atoms with Gasteiger partial charge in [-0.05, 0) is 64.0 Å². The molecule has 2 unspecified atom stereocenters. The number of hydrogen-bond donors (Lipinski definition) is 2. The number of amides is 4. The Labute approximate surface area is 227 Å². The lowest BCUT2D eigenvalue weighted by Crippen LogP contribution is -2.49. The Balaban J connectivity index is 1.57. The van der Waals surface area contributed by atoms with Gasteiger partial charge in [0.25, 0.3) is 5.91 Å². The van der Waals surface area contributed by atoms with Gasteiger partial charge in [-0.1, -0.05) is 42.5 Å². The molecule has 0 saturated carbocycles. The van der Waals surface area contributed by atoms with E-state index < -0.39 is 35.7 Å². The van der Waals surface area contributed by atoms with Gasteiger partial charge in [-0.25, -0.2) is 14.1 Å². The van der Waals surface area contributed by atoms with Gasteiger partial charge < -0.3 is 20.1 Å². The molecule has 0 bridgehead atoms. The summed E-state index contributed by atoms with van der Waals surface area (Å²) in [6, 6.07) is 17.3. The average Bonchev–Trinajstić information content (AvgIpc) is 3.19. The number of nitrogens with zero attached hydrogens (tertiary/aromatic N) is 1. The van der Waals surface area contributed by atoms with Crippen LogP contribution in [0, 0.1) is 9.39 Å². The molecule has 3 aromatic carbocycles. The van der Waals surface area contributed by atoms with Gasteiger partial charge in [-0.2, -0.15) is 0 Å². The van der Waals surface area contributed by atoms with Crippen LogP contribution < -0.4 is 15.4 Å². The molecule has 0 radical (unpaired) electrons. The summed E-state index contributed by atoms with van der Waals surface area (Å²) < 4.78 is 25.6. The number of imide groups is 1. The van der Waals surface area contributed by atoms with Crippen molar-refractivity contribution in [2.24, 2.45) is 0 Å². The molecule has 8 nitrogen and oxygen atoms in total. The molecular weight excluding hydrogens is 592 g/mol. The molecule has 1 heterocycles. The Morgan fingerprint density at radius 3 is 2.49 bits per heavy atom. The number of hydrogen-bond acceptors (Lipinski definition) is 5. The highest BCUT2D eigenvalue weighted by atomic mass is 127. The highest BCUT2D eigenvalue weighted by molar-refractivity contribution is 14.1. The molecule has 1 fully saturated rings. The topological polar surface area (TPSA) is 97.0 Å². The number of halogens is 2. The van der Waals surface area contributed by atoms with E-state index in [1.165, 1.54) is 12.1 Å². The van der Waals surface area contributed by atoms with Gasteiger partial charge in [-0.15, -0.1) is 0 Å². The SMILES string of the molecule is COCCOc1ccc(C2NC(=O)N(C(Cc3ccccc3)C(=O)Nc3ccc(I)cc3F)C2=O)cc1. The van der Waals surface area contributed by atoms with Gasteiger partial charge in [0.2, 0.25) is 5.91 Å². The number of rotatable bonds is 10. The third-order valence-corrected chi connectivity index (χ3v) is 6.49. The highest BCUT2D eigenvalue weighted by Gasteiger charge is 2.45. The zero-order chi connectivity index (χ0) is 26.4. The lowest BCUT2D eigenvalue weighted by molar-refractivity contribution is -0.134. The molecule has 0 aromatic heterocycles. The van der Waals surface area contributed by atoms with Gasteiger partial charge in [0, 0.05) is 17.1 Å². The van der Waals surface area contributed by atoms with Crippen LogP contribution in [-0.4, -0.2) is 49.1 Å². The first-order valence-electron chi connectivity index (χ1n) is 11.5. The van der Waals surface area contributed by atoms with E-state index in [0.29, 0.717) is 28.1 Å². The Kier molecular flexibility index (Phi) is 8.72. The molecule has 1 saturated heterocycles. The average molecular weight is 617 g/mol. The minimum atomic E-state index is -1.20. The molecule has 0 spiro atoms. The lowest BCUT2D eigenvalue weighted by Gasteiger charge is -2.25. The minimum Gasteiger partial charge on any atom is -0.491 e. The predicted molar refractivity (Wildman–Crippen MR) is 144 cm³/mol. The Morgan fingerprint density at radius 2 is 1.81 bits per heavy atom. The Morgan fingerprint density at radius 1 is 1.08 bits per heavy atom. The van der Waals surface area contributed by atoms with E-state index in [2.05, 4.69) is 10.6 Å². The van der Waals surface area contributed by atoms with Gasteiger partial charge in [0.05, 0.1) is 12.3 Å². The summed E-state index contributed by atoms with van der Waals surface area (Å²) in [5.41, 5.74) is 1.26. The van der Waals surface area contributed by atoms with Crippen LogP contribution >= 0.6 is 22.6 Å². The van der Waals surface area contributed by atoms with E-state index in [1.807, 2.05) is 28.7 Å². The number of carbonyl (C=O) groups excluding carboxylic acids is 3. The van der Waals surface area contributed by atoms with Crippen molar-refractivity contribution in [1.82, 2.24) is 10.2 Å². The van der Waals surface area contributed by atoms with Crippen molar-refractivity contribution in [2.45, 2.75) is 18.5 Å². The second-order valence-corrected chi connectivity index (χ2v) is 9.57. The van der Waals surface area contributed by atoms with Crippen LogP contribution in [0.15, 0.2) is 72.8 Å². The van der Waals surface area contributed by atoms with Crippen LogP contribution in [0.4, 0.5) is 14.9 Å². The van der Waals surface area contributed by atoms with Crippen LogP contribution in [0.25, 0.3) is 0 Å². The number of ether oxygens (including phenoxy) is 2. The normalized spacial score (nSPS) is 15.9. The first kappa shape index (κ1) is 26.6. The number of nitrogens with one attached hydrogen (secondary N) is 2. The third kappa shape index (κ3) is 6.44. The summed E-state index contributed by atoms with van der Waals surface area (Å²) in [5, 5.41) is 5.21. The number of carbonyl (C=O) groups is 3. The number of anilines is 1. The first-order valence-corrected chi connectivity index (χ1v) is 12.6. The van der Waals surface area contributed by atoms with E-state index >= 15 is 0 Å². The van der Waals surface area contributed by atoms with E-state index in [-0.39, 0.29) is 12.1 Å². The largest absolute Gasteiger partial charge is 0.491 e. The molecular formula is C27H25FIN3O5. The van der Waals surface area contributed by atoms with Gasteiger partial charge in [-0.3, -0.25) is 9.59 Å². The summed E-state index contributed by atoms with van der Waals surface area (Å²) in [4.78, 5) is 40.7. The van der Waals surface area contributed by atoms with Gasteiger partial charge in [0.1, 0.15) is 30.3 Å². The fourth-order valence-corrected chi connectivity index (χ4v) is 4.41. The van der Waals surface area contributed by atoms with Crippen molar-refractivity contribution in [1.29, 1.82) is 0 Å². The van der Waals surface area contributed by atoms with Crippen LogP contribution in [0.5, 0.6) is 5.75 Å². The van der Waals surface area contributed by atoms with Crippen LogP contribution in [0.2, 0.25) is 0 Å². The van der Waals surface area contributed by atoms with E-state index in [0.717, 1.165) is 10.5 Å². The zero-order valence-electron chi connectivity index (χ0n) is 19.9. The smallest absolute Gasteiger partial charge is 0.325 e. The fraction of sp³-hybridized carbons (Fsp3) is 0.222. The monoisotopic (exact) mass is 617 g/mol. The highest BCUT2D eigenvalue weighted by Crippen LogP contribution is 2.27. The number of methoxy groups -OCH3 is 1. The van der Waals surface area contributed by atoms with Crippen molar-refractivity contribution in [3.8, 4) is 5.75 Å². The summed E-state index contributed by atoms with van der Waals surface area (Å²) in [7, 11) is 1.58. The molecule has 1 aliphatic heterocycles. The summed E-state index contributed by atoms with van der Waals surface area (Å²) in [5.74, 6) is -1.26. The van der Waals surface area contributed by atoms with Crippen molar-refractivity contribution in [2.75, 3.05) is 25.6 Å². The Hall–Kier alpha value is -3.51. The number of benzene rings is 3. The molecule has 4 amide bonds. The first-order chi connectivity index (χ1) is 17.9. The van der Waals surface area contributed by atoms with Crippen molar-refractivity contribution >= 4 is 46.1 Å². The van der Waals surface area contributed by atoms with Gasteiger partial charge >= 0.3 is 6.03 Å². The molecule has 192 valence electrons. The van der Waals surface area contributed by atoms with Gasteiger partial charge in [0.15, 0.2) is 0 Å². The maximum atomic E-state index is 14.4. The van der Waals surface area contributed by atoms with E-state index in [9.17, 15) is 18.8 Å². The molecule has 37 heavy (non-hydrogen) atoms. The quantitative estimate of drug-likeness (QED) is 0.201. The minimum absolute atomic E-state index is 0.0313. The van der Waals surface area contributed by atoms with Crippen LogP contribution in [0.1, 0.15) is 17.2 Å². The van der Waals surface area contributed by atoms with Crippen molar-refractivity contribution in [3.05, 3.63) is 93.3 Å². The molecule has 1 aliphatic rings. The number of urea groups is 1.